The Labute approximate surface area is 123 Å². The third-order valence-corrected chi connectivity index (χ3v) is 3.44. The molecule has 0 atom stereocenters. The first-order chi connectivity index (χ1) is 10.1. The van der Waals surface area contributed by atoms with Crippen LogP contribution >= 0.6 is 0 Å². The molecule has 0 spiro atoms. The minimum absolute atomic E-state index is 0.101. The molecule has 1 aliphatic rings. The molecule has 2 N–H and O–H groups in total. The molecule has 1 aromatic carbocycles. The van der Waals surface area contributed by atoms with Crippen LogP contribution in [-0.4, -0.2) is 24.1 Å². The predicted molar refractivity (Wildman–Crippen MR) is 78.9 cm³/mol. The number of benzene rings is 1. The van der Waals surface area contributed by atoms with Gasteiger partial charge in [-0.25, -0.2) is 0 Å². The zero-order chi connectivity index (χ0) is 14.8. The van der Waals surface area contributed by atoms with E-state index < -0.39 is 0 Å². The Morgan fingerprint density at radius 3 is 2.67 bits per heavy atom. The lowest BCUT2D eigenvalue weighted by Gasteiger charge is -2.18. The minimum Gasteiger partial charge on any atom is -0.486 e. The molecule has 0 saturated heterocycles. The number of aryl methyl sites for hydroxylation is 2. The van der Waals surface area contributed by atoms with E-state index in [0.717, 1.165) is 28.3 Å². The summed E-state index contributed by atoms with van der Waals surface area (Å²) in [6, 6.07) is 7.67. The number of amides is 1. The number of carbonyl (C=O) groups is 1. The van der Waals surface area contributed by atoms with Crippen LogP contribution in [0.1, 0.15) is 27.3 Å². The van der Waals surface area contributed by atoms with Gasteiger partial charge in [-0.3, -0.25) is 4.79 Å². The summed E-state index contributed by atoms with van der Waals surface area (Å²) in [5, 5.41) is 2.91. The van der Waals surface area contributed by atoms with E-state index in [1.165, 1.54) is 0 Å². The molecule has 5 heteroatoms. The fourth-order valence-electron chi connectivity index (χ4n) is 2.43. The van der Waals surface area contributed by atoms with Gasteiger partial charge in [0.2, 0.25) is 0 Å². The third-order valence-electron chi connectivity index (χ3n) is 3.44. The van der Waals surface area contributed by atoms with E-state index >= 15 is 0 Å². The maximum Gasteiger partial charge on any atom is 0.268 e. The van der Waals surface area contributed by atoms with Gasteiger partial charge in [0.1, 0.15) is 18.9 Å². The molecule has 110 valence electrons. The van der Waals surface area contributed by atoms with E-state index in [1.807, 2.05) is 38.1 Å². The van der Waals surface area contributed by atoms with Crippen LogP contribution in [0.4, 0.5) is 0 Å². The molecule has 1 aliphatic heterocycles. The van der Waals surface area contributed by atoms with Crippen molar-refractivity contribution in [2.45, 2.75) is 20.4 Å². The fourth-order valence-corrected chi connectivity index (χ4v) is 2.43. The second-order valence-corrected chi connectivity index (χ2v) is 5.17. The van der Waals surface area contributed by atoms with Gasteiger partial charge in [-0.15, -0.1) is 0 Å². The summed E-state index contributed by atoms with van der Waals surface area (Å²) in [5.41, 5.74) is 3.53. The van der Waals surface area contributed by atoms with Crippen molar-refractivity contribution >= 4 is 5.91 Å². The van der Waals surface area contributed by atoms with Crippen molar-refractivity contribution < 1.29 is 14.3 Å². The van der Waals surface area contributed by atoms with E-state index in [9.17, 15) is 4.79 Å². The Balaban J connectivity index is 1.67. The Hall–Kier alpha value is -2.43. The maximum absolute atomic E-state index is 12.1. The molecule has 2 heterocycles. The van der Waals surface area contributed by atoms with Gasteiger partial charge < -0.3 is 19.8 Å². The molecule has 0 unspecified atom stereocenters. The number of ether oxygens (including phenoxy) is 2. The van der Waals surface area contributed by atoms with Crippen LogP contribution in [0.5, 0.6) is 11.5 Å². The molecule has 0 radical (unpaired) electrons. The highest BCUT2D eigenvalue weighted by molar-refractivity contribution is 5.93. The van der Waals surface area contributed by atoms with Crippen molar-refractivity contribution in [1.82, 2.24) is 10.3 Å². The van der Waals surface area contributed by atoms with Gasteiger partial charge in [0.05, 0.1) is 0 Å². The average molecular weight is 286 g/mol. The Kier molecular flexibility index (Phi) is 3.56. The molecule has 1 aromatic heterocycles. The molecule has 0 aliphatic carbocycles. The van der Waals surface area contributed by atoms with Crippen molar-refractivity contribution in [3.05, 3.63) is 46.8 Å². The Morgan fingerprint density at radius 1 is 1.19 bits per heavy atom. The SMILES string of the molecule is Cc1cc(C)c(C(=O)NCc2ccc3c(c2)OCCO3)[nH]1. The fraction of sp³-hybridized carbons (Fsp3) is 0.312. The smallest absolute Gasteiger partial charge is 0.268 e. The largest absolute Gasteiger partial charge is 0.486 e. The summed E-state index contributed by atoms with van der Waals surface area (Å²) >= 11 is 0. The van der Waals surface area contributed by atoms with Gasteiger partial charge in [-0.1, -0.05) is 6.07 Å². The zero-order valence-electron chi connectivity index (χ0n) is 12.2. The first-order valence-electron chi connectivity index (χ1n) is 6.96. The molecule has 3 rings (SSSR count). The first kappa shape index (κ1) is 13.5. The molecule has 0 saturated carbocycles. The van der Waals surface area contributed by atoms with Crippen molar-refractivity contribution in [1.29, 1.82) is 0 Å². The number of carbonyl (C=O) groups excluding carboxylic acids is 1. The average Bonchev–Trinajstić information content (AvgIpc) is 2.83. The number of aromatic amines is 1. The number of aromatic nitrogens is 1. The van der Waals surface area contributed by atoms with Gasteiger partial charge in [0.15, 0.2) is 11.5 Å². The van der Waals surface area contributed by atoms with E-state index in [1.54, 1.807) is 0 Å². The summed E-state index contributed by atoms with van der Waals surface area (Å²) in [5.74, 6) is 1.39. The van der Waals surface area contributed by atoms with Crippen LogP contribution in [0.15, 0.2) is 24.3 Å². The van der Waals surface area contributed by atoms with Crippen LogP contribution in [0, 0.1) is 13.8 Å². The molecule has 21 heavy (non-hydrogen) atoms. The first-order valence-corrected chi connectivity index (χ1v) is 6.96. The summed E-state index contributed by atoms with van der Waals surface area (Å²) in [6.07, 6.45) is 0. The molecule has 5 nitrogen and oxygen atoms in total. The Bertz CT molecular complexity index is 676. The summed E-state index contributed by atoms with van der Waals surface area (Å²) in [4.78, 5) is 15.2. The topological polar surface area (TPSA) is 63.4 Å². The molecular formula is C16H18N2O3. The van der Waals surface area contributed by atoms with Crippen LogP contribution in [0.2, 0.25) is 0 Å². The summed E-state index contributed by atoms with van der Waals surface area (Å²) in [6.45, 7) is 5.44. The van der Waals surface area contributed by atoms with Crippen molar-refractivity contribution in [3.8, 4) is 11.5 Å². The lowest BCUT2D eigenvalue weighted by molar-refractivity contribution is 0.0945. The van der Waals surface area contributed by atoms with Gasteiger partial charge in [-0.2, -0.15) is 0 Å². The summed E-state index contributed by atoms with van der Waals surface area (Å²) < 4.78 is 11.0. The second kappa shape index (κ2) is 5.52. The highest BCUT2D eigenvalue weighted by Gasteiger charge is 2.14. The third kappa shape index (κ3) is 2.86. The van der Waals surface area contributed by atoms with E-state index in [-0.39, 0.29) is 5.91 Å². The second-order valence-electron chi connectivity index (χ2n) is 5.17. The molecule has 0 bridgehead atoms. The molecular weight excluding hydrogens is 268 g/mol. The lowest BCUT2D eigenvalue weighted by Crippen LogP contribution is -2.24. The van der Waals surface area contributed by atoms with Crippen LogP contribution in [0.25, 0.3) is 0 Å². The van der Waals surface area contributed by atoms with Gasteiger partial charge >= 0.3 is 0 Å². The monoisotopic (exact) mass is 286 g/mol. The van der Waals surface area contributed by atoms with E-state index in [0.29, 0.717) is 25.5 Å². The van der Waals surface area contributed by atoms with Crippen LogP contribution in [0.3, 0.4) is 0 Å². The number of rotatable bonds is 3. The van der Waals surface area contributed by atoms with E-state index in [4.69, 9.17) is 9.47 Å². The maximum atomic E-state index is 12.1. The van der Waals surface area contributed by atoms with Crippen molar-refractivity contribution in [3.63, 3.8) is 0 Å². The van der Waals surface area contributed by atoms with Crippen molar-refractivity contribution in [2.75, 3.05) is 13.2 Å². The summed E-state index contributed by atoms with van der Waals surface area (Å²) in [7, 11) is 0. The number of nitrogens with one attached hydrogen (secondary N) is 2. The highest BCUT2D eigenvalue weighted by Crippen LogP contribution is 2.30. The van der Waals surface area contributed by atoms with Crippen LogP contribution in [-0.2, 0) is 6.54 Å². The quantitative estimate of drug-likeness (QED) is 0.910. The number of H-pyrrole nitrogens is 1. The normalized spacial score (nSPS) is 13.0. The highest BCUT2D eigenvalue weighted by atomic mass is 16.6. The van der Waals surface area contributed by atoms with Crippen molar-refractivity contribution in [2.24, 2.45) is 0 Å². The van der Waals surface area contributed by atoms with Gasteiger partial charge in [0.25, 0.3) is 5.91 Å². The predicted octanol–water partition coefficient (Wildman–Crippen LogP) is 2.33. The molecule has 1 amide bonds. The molecule has 2 aromatic rings. The van der Waals surface area contributed by atoms with Gasteiger partial charge in [-0.05, 0) is 43.2 Å². The van der Waals surface area contributed by atoms with Crippen LogP contribution < -0.4 is 14.8 Å². The van der Waals surface area contributed by atoms with Gasteiger partial charge in [0, 0.05) is 12.2 Å². The molecule has 0 fully saturated rings. The van der Waals surface area contributed by atoms with E-state index in [2.05, 4.69) is 10.3 Å². The Morgan fingerprint density at radius 2 is 1.95 bits per heavy atom. The number of hydrogen-bond donors (Lipinski definition) is 2. The number of fused-ring (bicyclic) bond motifs is 1. The standard InChI is InChI=1S/C16H18N2O3/c1-10-7-11(2)18-15(10)16(19)17-9-12-3-4-13-14(8-12)21-6-5-20-13/h3-4,7-8,18H,5-6,9H2,1-2H3,(H,17,19). The lowest BCUT2D eigenvalue weighted by atomic mass is 10.2. The number of hydrogen-bond acceptors (Lipinski definition) is 3. The zero-order valence-corrected chi connectivity index (χ0v) is 12.2. The minimum atomic E-state index is -0.101.